The lowest BCUT2D eigenvalue weighted by molar-refractivity contribution is 0.397. The zero-order chi connectivity index (χ0) is 13.5. The molecule has 1 heterocycles. The Balaban J connectivity index is 1.98. The van der Waals surface area contributed by atoms with Gasteiger partial charge in [0.15, 0.2) is 0 Å². The van der Waals surface area contributed by atoms with Gasteiger partial charge in [-0.1, -0.05) is 0 Å². The van der Waals surface area contributed by atoms with E-state index in [0.717, 1.165) is 30.2 Å². The standard InChI is InChI=1S/C15H18N2O2/c1-18-14-3-4-15(19-2)13(9-14)11-17-10-12-5-7-16-8-6-12/h3-9,17H,10-11H2,1-2H3. The number of nitrogens with zero attached hydrogens (tertiary/aromatic N) is 1. The van der Waals surface area contributed by atoms with E-state index in [-0.39, 0.29) is 0 Å². The van der Waals surface area contributed by atoms with Gasteiger partial charge in [-0.3, -0.25) is 4.98 Å². The molecule has 0 fully saturated rings. The second-order valence-electron chi connectivity index (χ2n) is 4.14. The van der Waals surface area contributed by atoms with E-state index in [1.165, 1.54) is 5.56 Å². The molecule has 2 rings (SSSR count). The molecule has 0 bridgehead atoms. The van der Waals surface area contributed by atoms with E-state index in [9.17, 15) is 0 Å². The third kappa shape index (κ3) is 3.69. The van der Waals surface area contributed by atoms with Crippen LogP contribution in [0.3, 0.4) is 0 Å². The van der Waals surface area contributed by atoms with Crippen LogP contribution in [0.5, 0.6) is 11.5 Å². The van der Waals surface area contributed by atoms with Crippen molar-refractivity contribution in [3.05, 3.63) is 53.9 Å². The summed E-state index contributed by atoms with van der Waals surface area (Å²) >= 11 is 0. The highest BCUT2D eigenvalue weighted by atomic mass is 16.5. The van der Waals surface area contributed by atoms with E-state index < -0.39 is 0 Å². The van der Waals surface area contributed by atoms with E-state index >= 15 is 0 Å². The average molecular weight is 258 g/mol. The number of aromatic nitrogens is 1. The first-order valence-corrected chi connectivity index (χ1v) is 6.14. The smallest absolute Gasteiger partial charge is 0.123 e. The number of rotatable bonds is 6. The van der Waals surface area contributed by atoms with Crippen LogP contribution in [-0.2, 0) is 13.1 Å². The van der Waals surface area contributed by atoms with E-state index in [1.807, 2.05) is 30.3 Å². The summed E-state index contributed by atoms with van der Waals surface area (Å²) in [5.74, 6) is 1.70. The lowest BCUT2D eigenvalue weighted by atomic mass is 10.2. The summed E-state index contributed by atoms with van der Waals surface area (Å²) in [6, 6.07) is 9.79. The Kier molecular flexibility index (Phi) is 4.75. The monoisotopic (exact) mass is 258 g/mol. The van der Waals surface area contributed by atoms with Crippen LogP contribution in [0.25, 0.3) is 0 Å². The molecule has 1 N–H and O–H groups in total. The topological polar surface area (TPSA) is 43.4 Å². The summed E-state index contributed by atoms with van der Waals surface area (Å²) < 4.78 is 10.6. The van der Waals surface area contributed by atoms with Gasteiger partial charge in [-0.25, -0.2) is 0 Å². The molecule has 100 valence electrons. The van der Waals surface area contributed by atoms with Crippen molar-refractivity contribution in [3.8, 4) is 11.5 Å². The number of nitrogens with one attached hydrogen (secondary N) is 1. The zero-order valence-electron chi connectivity index (χ0n) is 11.2. The maximum absolute atomic E-state index is 5.34. The molecule has 0 aliphatic rings. The fourth-order valence-electron chi connectivity index (χ4n) is 1.86. The Morgan fingerprint density at radius 3 is 2.47 bits per heavy atom. The van der Waals surface area contributed by atoms with Crippen molar-refractivity contribution >= 4 is 0 Å². The molecule has 19 heavy (non-hydrogen) atoms. The molecule has 0 atom stereocenters. The van der Waals surface area contributed by atoms with Crippen molar-refractivity contribution in [2.75, 3.05) is 14.2 Å². The molecule has 0 unspecified atom stereocenters. The Bertz CT molecular complexity index is 515. The molecule has 1 aromatic carbocycles. The van der Waals surface area contributed by atoms with E-state index in [0.29, 0.717) is 0 Å². The molecule has 0 aliphatic heterocycles. The lowest BCUT2D eigenvalue weighted by Crippen LogP contribution is -2.13. The maximum Gasteiger partial charge on any atom is 0.123 e. The van der Waals surface area contributed by atoms with Crippen LogP contribution in [-0.4, -0.2) is 19.2 Å². The Hall–Kier alpha value is -2.07. The number of methoxy groups -OCH3 is 2. The highest BCUT2D eigenvalue weighted by Gasteiger charge is 2.04. The minimum Gasteiger partial charge on any atom is -0.497 e. The predicted octanol–water partition coefficient (Wildman–Crippen LogP) is 2.39. The minimum absolute atomic E-state index is 0.725. The quantitative estimate of drug-likeness (QED) is 0.864. The summed E-state index contributed by atoms with van der Waals surface area (Å²) in [5, 5.41) is 3.38. The molecule has 0 radical (unpaired) electrons. The van der Waals surface area contributed by atoms with Crippen LogP contribution in [0.4, 0.5) is 0 Å². The van der Waals surface area contributed by atoms with Crippen molar-refractivity contribution in [2.45, 2.75) is 13.1 Å². The molecule has 0 saturated carbocycles. The van der Waals surface area contributed by atoms with E-state index in [1.54, 1.807) is 26.6 Å². The van der Waals surface area contributed by atoms with Gasteiger partial charge in [0.2, 0.25) is 0 Å². The molecule has 1 aromatic heterocycles. The molecule has 0 amide bonds. The van der Waals surface area contributed by atoms with Crippen molar-refractivity contribution in [1.82, 2.24) is 10.3 Å². The van der Waals surface area contributed by atoms with Crippen molar-refractivity contribution in [3.63, 3.8) is 0 Å². The Morgan fingerprint density at radius 2 is 1.79 bits per heavy atom. The highest BCUT2D eigenvalue weighted by Crippen LogP contribution is 2.23. The predicted molar refractivity (Wildman–Crippen MR) is 74.3 cm³/mol. The molecule has 0 aliphatic carbocycles. The number of hydrogen-bond acceptors (Lipinski definition) is 4. The third-order valence-corrected chi connectivity index (χ3v) is 2.88. The molecular formula is C15H18N2O2. The first-order valence-electron chi connectivity index (χ1n) is 6.14. The van der Waals surface area contributed by atoms with Gasteiger partial charge >= 0.3 is 0 Å². The maximum atomic E-state index is 5.34. The van der Waals surface area contributed by atoms with Gasteiger partial charge in [-0.2, -0.15) is 0 Å². The van der Waals surface area contributed by atoms with Crippen LogP contribution in [0.2, 0.25) is 0 Å². The summed E-state index contributed by atoms with van der Waals surface area (Å²) in [5.41, 5.74) is 2.28. The van der Waals surface area contributed by atoms with Crippen LogP contribution in [0.1, 0.15) is 11.1 Å². The summed E-state index contributed by atoms with van der Waals surface area (Å²) in [6.07, 6.45) is 3.59. The first kappa shape index (κ1) is 13.4. The zero-order valence-corrected chi connectivity index (χ0v) is 11.2. The van der Waals surface area contributed by atoms with Crippen LogP contribution in [0.15, 0.2) is 42.7 Å². The van der Waals surface area contributed by atoms with E-state index in [4.69, 9.17) is 9.47 Å². The van der Waals surface area contributed by atoms with E-state index in [2.05, 4.69) is 10.3 Å². The highest BCUT2D eigenvalue weighted by molar-refractivity contribution is 5.40. The fourth-order valence-corrected chi connectivity index (χ4v) is 1.86. The summed E-state index contributed by atoms with van der Waals surface area (Å²) in [4.78, 5) is 4.00. The molecular weight excluding hydrogens is 240 g/mol. The second-order valence-corrected chi connectivity index (χ2v) is 4.14. The number of hydrogen-bond donors (Lipinski definition) is 1. The SMILES string of the molecule is COc1ccc(OC)c(CNCc2ccncc2)c1. The number of ether oxygens (including phenoxy) is 2. The van der Waals surface area contributed by atoms with Gasteiger partial charge in [0.1, 0.15) is 11.5 Å². The molecule has 4 nitrogen and oxygen atoms in total. The average Bonchev–Trinajstić information content (AvgIpc) is 2.48. The first-order chi connectivity index (χ1) is 9.33. The van der Waals surface area contributed by atoms with Gasteiger partial charge in [-0.05, 0) is 35.9 Å². The van der Waals surface area contributed by atoms with Crippen molar-refractivity contribution < 1.29 is 9.47 Å². The van der Waals surface area contributed by atoms with Gasteiger partial charge in [0, 0.05) is 31.0 Å². The van der Waals surface area contributed by atoms with Crippen LogP contribution >= 0.6 is 0 Å². The Morgan fingerprint density at radius 1 is 1.00 bits per heavy atom. The van der Waals surface area contributed by atoms with Crippen molar-refractivity contribution in [2.24, 2.45) is 0 Å². The van der Waals surface area contributed by atoms with Gasteiger partial charge in [-0.15, -0.1) is 0 Å². The molecule has 2 aromatic rings. The largest absolute Gasteiger partial charge is 0.497 e. The summed E-state index contributed by atoms with van der Waals surface area (Å²) in [6.45, 7) is 1.52. The molecule has 0 saturated heterocycles. The van der Waals surface area contributed by atoms with Crippen LogP contribution in [0, 0.1) is 0 Å². The summed E-state index contributed by atoms with van der Waals surface area (Å²) in [7, 11) is 3.34. The Labute approximate surface area is 113 Å². The van der Waals surface area contributed by atoms with Gasteiger partial charge in [0.05, 0.1) is 14.2 Å². The lowest BCUT2D eigenvalue weighted by Gasteiger charge is -2.11. The molecule has 4 heteroatoms. The van der Waals surface area contributed by atoms with Gasteiger partial charge in [0.25, 0.3) is 0 Å². The van der Waals surface area contributed by atoms with Crippen molar-refractivity contribution in [1.29, 1.82) is 0 Å². The number of pyridine rings is 1. The third-order valence-electron chi connectivity index (χ3n) is 2.88. The fraction of sp³-hybridized carbons (Fsp3) is 0.267. The minimum atomic E-state index is 0.725. The number of benzene rings is 1. The second kappa shape index (κ2) is 6.75. The normalized spacial score (nSPS) is 10.2. The van der Waals surface area contributed by atoms with Crippen LogP contribution < -0.4 is 14.8 Å². The molecule has 0 spiro atoms. The van der Waals surface area contributed by atoms with Gasteiger partial charge < -0.3 is 14.8 Å².